The Hall–Kier alpha value is -1.43. The SMILES string of the molecule is NC(Cc1ccccc1F)C(=O)C(F)(F)F. The number of hydrogen-bond donors (Lipinski definition) is 1. The van der Waals surface area contributed by atoms with Crippen LogP contribution in [0.4, 0.5) is 17.6 Å². The number of hydrogen-bond acceptors (Lipinski definition) is 2. The molecule has 0 bridgehead atoms. The minimum absolute atomic E-state index is 0.00685. The minimum Gasteiger partial charge on any atom is -0.321 e. The van der Waals surface area contributed by atoms with E-state index in [9.17, 15) is 22.4 Å². The Morgan fingerprint density at radius 2 is 1.88 bits per heavy atom. The number of benzene rings is 1. The summed E-state index contributed by atoms with van der Waals surface area (Å²) in [6, 6.07) is 3.48. The van der Waals surface area contributed by atoms with Crippen molar-refractivity contribution in [2.24, 2.45) is 5.73 Å². The normalized spacial score (nSPS) is 13.6. The lowest BCUT2D eigenvalue weighted by Crippen LogP contribution is -2.42. The molecule has 0 saturated heterocycles. The zero-order chi connectivity index (χ0) is 12.3. The van der Waals surface area contributed by atoms with Crippen LogP contribution in [-0.4, -0.2) is 18.0 Å². The molecule has 88 valence electrons. The molecule has 0 aliphatic carbocycles. The second kappa shape index (κ2) is 4.61. The smallest absolute Gasteiger partial charge is 0.321 e. The second-order valence-electron chi connectivity index (χ2n) is 3.26. The maximum atomic E-state index is 13.1. The fraction of sp³-hybridized carbons (Fsp3) is 0.300. The van der Waals surface area contributed by atoms with E-state index in [1.165, 1.54) is 18.2 Å². The molecule has 1 aromatic carbocycles. The Balaban J connectivity index is 2.76. The zero-order valence-electron chi connectivity index (χ0n) is 8.09. The summed E-state index contributed by atoms with van der Waals surface area (Å²) in [5.41, 5.74) is 5.06. The average molecular weight is 235 g/mol. The summed E-state index contributed by atoms with van der Waals surface area (Å²) in [6.07, 6.45) is -5.45. The van der Waals surface area contributed by atoms with Gasteiger partial charge in [-0.2, -0.15) is 13.2 Å². The van der Waals surface area contributed by atoms with Crippen LogP contribution in [0.15, 0.2) is 24.3 Å². The highest BCUT2D eigenvalue weighted by Gasteiger charge is 2.41. The van der Waals surface area contributed by atoms with Crippen molar-refractivity contribution < 1.29 is 22.4 Å². The molecule has 6 heteroatoms. The van der Waals surface area contributed by atoms with Crippen molar-refractivity contribution in [1.82, 2.24) is 0 Å². The highest BCUT2D eigenvalue weighted by molar-refractivity contribution is 5.89. The van der Waals surface area contributed by atoms with Crippen molar-refractivity contribution in [3.63, 3.8) is 0 Å². The van der Waals surface area contributed by atoms with Crippen molar-refractivity contribution in [2.75, 3.05) is 0 Å². The van der Waals surface area contributed by atoms with E-state index >= 15 is 0 Å². The third kappa shape index (κ3) is 3.03. The van der Waals surface area contributed by atoms with Gasteiger partial charge in [-0.1, -0.05) is 18.2 Å². The van der Waals surface area contributed by atoms with Gasteiger partial charge in [-0.05, 0) is 18.1 Å². The van der Waals surface area contributed by atoms with Gasteiger partial charge in [-0.25, -0.2) is 4.39 Å². The summed E-state index contributed by atoms with van der Waals surface area (Å²) in [7, 11) is 0. The van der Waals surface area contributed by atoms with Gasteiger partial charge in [0.1, 0.15) is 5.82 Å². The first-order valence-corrected chi connectivity index (χ1v) is 4.42. The van der Waals surface area contributed by atoms with Crippen molar-refractivity contribution >= 4 is 5.78 Å². The van der Waals surface area contributed by atoms with E-state index in [0.717, 1.165) is 6.07 Å². The van der Waals surface area contributed by atoms with Crippen LogP contribution in [0.5, 0.6) is 0 Å². The van der Waals surface area contributed by atoms with Crippen LogP contribution >= 0.6 is 0 Å². The van der Waals surface area contributed by atoms with Gasteiger partial charge in [0.05, 0.1) is 6.04 Å². The molecule has 0 aliphatic rings. The fourth-order valence-corrected chi connectivity index (χ4v) is 1.20. The van der Waals surface area contributed by atoms with Crippen LogP contribution in [0, 0.1) is 5.82 Å². The lowest BCUT2D eigenvalue weighted by molar-refractivity contribution is -0.172. The van der Waals surface area contributed by atoms with Crippen LogP contribution < -0.4 is 5.73 Å². The van der Waals surface area contributed by atoms with Crippen LogP contribution in [0.25, 0.3) is 0 Å². The quantitative estimate of drug-likeness (QED) is 0.812. The number of carbonyl (C=O) groups is 1. The average Bonchev–Trinajstić information content (AvgIpc) is 2.19. The first-order valence-electron chi connectivity index (χ1n) is 4.42. The summed E-state index contributed by atoms with van der Waals surface area (Å²) in [6.45, 7) is 0. The standard InChI is InChI=1S/C10H9F4NO/c11-7-4-2-1-3-6(7)5-8(15)9(16)10(12,13)14/h1-4,8H,5,15H2. The number of rotatable bonds is 3. The minimum atomic E-state index is -4.98. The molecule has 0 spiro atoms. The summed E-state index contributed by atoms with van der Waals surface area (Å²) in [5, 5.41) is 0. The molecule has 0 aliphatic heterocycles. The number of nitrogens with two attached hydrogens (primary N) is 1. The van der Waals surface area contributed by atoms with Crippen molar-refractivity contribution in [2.45, 2.75) is 18.6 Å². The fourth-order valence-electron chi connectivity index (χ4n) is 1.20. The molecule has 1 rings (SSSR count). The molecule has 16 heavy (non-hydrogen) atoms. The molecule has 1 aromatic rings. The summed E-state index contributed by atoms with van der Waals surface area (Å²) >= 11 is 0. The van der Waals surface area contributed by atoms with Crippen molar-refractivity contribution in [3.8, 4) is 0 Å². The van der Waals surface area contributed by atoms with Crippen molar-refractivity contribution in [1.29, 1.82) is 0 Å². The van der Waals surface area contributed by atoms with Gasteiger partial charge in [-0.15, -0.1) is 0 Å². The van der Waals surface area contributed by atoms with Gasteiger partial charge < -0.3 is 5.73 Å². The molecule has 1 atom stereocenters. The molecule has 0 heterocycles. The first-order chi connectivity index (χ1) is 7.32. The summed E-state index contributed by atoms with van der Waals surface area (Å²) in [4.78, 5) is 10.7. The maximum Gasteiger partial charge on any atom is 0.451 e. The summed E-state index contributed by atoms with van der Waals surface area (Å²) in [5.74, 6) is -2.72. The van der Waals surface area contributed by atoms with E-state index < -0.39 is 30.2 Å². The van der Waals surface area contributed by atoms with E-state index in [4.69, 9.17) is 5.73 Å². The monoisotopic (exact) mass is 235 g/mol. The van der Waals surface area contributed by atoms with Gasteiger partial charge >= 0.3 is 6.18 Å². The van der Waals surface area contributed by atoms with Crippen LogP contribution in [0.3, 0.4) is 0 Å². The Labute approximate surface area is 89.1 Å². The predicted octanol–water partition coefficient (Wildman–Crippen LogP) is 1.83. The van der Waals surface area contributed by atoms with Gasteiger partial charge in [0, 0.05) is 0 Å². The molecule has 0 fully saturated rings. The molecule has 2 nitrogen and oxygen atoms in total. The molecule has 0 aromatic heterocycles. The number of ketones is 1. The van der Waals surface area contributed by atoms with Gasteiger partial charge in [0.25, 0.3) is 5.78 Å². The number of halogens is 4. The lowest BCUT2D eigenvalue weighted by Gasteiger charge is -2.13. The molecule has 0 saturated carbocycles. The number of carbonyl (C=O) groups excluding carboxylic acids is 1. The Morgan fingerprint density at radius 3 is 2.38 bits per heavy atom. The van der Waals surface area contributed by atoms with E-state index in [1.54, 1.807) is 0 Å². The second-order valence-corrected chi connectivity index (χ2v) is 3.26. The molecular weight excluding hydrogens is 226 g/mol. The number of alkyl halides is 3. The summed E-state index contributed by atoms with van der Waals surface area (Å²) < 4.78 is 49.0. The largest absolute Gasteiger partial charge is 0.451 e. The molecular formula is C10H9F4NO. The van der Waals surface area contributed by atoms with Crippen molar-refractivity contribution in [3.05, 3.63) is 35.6 Å². The van der Waals surface area contributed by atoms with Crippen LogP contribution in [0.2, 0.25) is 0 Å². The Morgan fingerprint density at radius 1 is 1.31 bits per heavy atom. The lowest BCUT2D eigenvalue weighted by atomic mass is 10.0. The van der Waals surface area contributed by atoms with E-state index in [1.807, 2.05) is 0 Å². The van der Waals surface area contributed by atoms with Crippen LogP contribution in [-0.2, 0) is 11.2 Å². The Bertz CT molecular complexity index is 389. The molecule has 0 amide bonds. The van der Waals surface area contributed by atoms with Crippen LogP contribution in [0.1, 0.15) is 5.56 Å². The van der Waals surface area contributed by atoms with E-state index in [2.05, 4.69) is 0 Å². The van der Waals surface area contributed by atoms with E-state index in [-0.39, 0.29) is 5.56 Å². The molecule has 1 unspecified atom stereocenters. The number of Topliss-reactive ketones (excluding diaryl/α,β-unsaturated/α-hetero) is 1. The van der Waals surface area contributed by atoms with Gasteiger partial charge in [0.2, 0.25) is 0 Å². The predicted molar refractivity (Wildman–Crippen MR) is 49.1 cm³/mol. The topological polar surface area (TPSA) is 43.1 Å². The van der Waals surface area contributed by atoms with Gasteiger partial charge in [0.15, 0.2) is 0 Å². The maximum absolute atomic E-state index is 13.1. The molecule has 2 N–H and O–H groups in total. The Kier molecular flexibility index (Phi) is 3.64. The third-order valence-corrected chi connectivity index (χ3v) is 2.01. The van der Waals surface area contributed by atoms with Gasteiger partial charge in [-0.3, -0.25) is 4.79 Å². The third-order valence-electron chi connectivity index (χ3n) is 2.01. The van der Waals surface area contributed by atoms with E-state index in [0.29, 0.717) is 0 Å². The zero-order valence-corrected chi connectivity index (χ0v) is 8.09. The molecule has 0 radical (unpaired) electrons. The highest BCUT2D eigenvalue weighted by Crippen LogP contribution is 2.19. The highest BCUT2D eigenvalue weighted by atomic mass is 19.4. The first kappa shape index (κ1) is 12.6.